The van der Waals surface area contributed by atoms with E-state index in [1.165, 1.54) is 0 Å². The number of nitrogens with zero attached hydrogens (tertiary/aromatic N) is 5. The third-order valence-electron chi connectivity index (χ3n) is 4.81. The maximum absolute atomic E-state index is 12.7. The lowest BCUT2D eigenvalue weighted by Gasteiger charge is -2.24. The fraction of sp³-hybridized carbons (Fsp3) is 0.381. The largest absolute Gasteiger partial charge is 0.444 e. The molecule has 0 radical (unpaired) electrons. The Kier molecular flexibility index (Phi) is 5.11. The molecule has 0 bridgehead atoms. The maximum atomic E-state index is 12.7. The molecule has 0 saturated carbocycles. The lowest BCUT2D eigenvalue weighted by atomic mass is 10.1. The standard InChI is InChI=1S/C21H24N6O3/c1-21(2,3)30-20(29)26-11-7-15(13-26)19(28)25-17-12-14(4-8-22-17)16-5-9-23-18-6-10-24-27(16)18/h4-6,8-10,12,15H,7,11,13H2,1-3H3,(H,22,25,28). The van der Waals surface area contributed by atoms with Gasteiger partial charge in [-0.3, -0.25) is 4.79 Å². The molecule has 9 heteroatoms. The highest BCUT2D eigenvalue weighted by atomic mass is 16.6. The SMILES string of the molecule is CC(C)(C)OC(=O)N1CCC(C(=O)Nc2cc(-c3ccnc4ccnn34)ccn2)C1. The topological polar surface area (TPSA) is 102 Å². The lowest BCUT2D eigenvalue weighted by Crippen LogP contribution is -2.36. The first-order valence-electron chi connectivity index (χ1n) is 9.84. The van der Waals surface area contributed by atoms with Gasteiger partial charge in [0.1, 0.15) is 11.4 Å². The van der Waals surface area contributed by atoms with Crippen molar-refractivity contribution in [2.24, 2.45) is 5.92 Å². The number of anilines is 1. The van der Waals surface area contributed by atoms with Crippen molar-refractivity contribution in [1.82, 2.24) is 24.5 Å². The average molecular weight is 408 g/mol. The number of carbonyl (C=O) groups is 2. The molecular weight excluding hydrogens is 384 g/mol. The summed E-state index contributed by atoms with van der Waals surface area (Å²) >= 11 is 0. The van der Waals surface area contributed by atoms with E-state index in [1.54, 1.807) is 34.1 Å². The normalized spacial score (nSPS) is 16.6. The Balaban J connectivity index is 1.44. The molecule has 4 heterocycles. The van der Waals surface area contributed by atoms with Gasteiger partial charge in [0.05, 0.1) is 17.8 Å². The Labute approximate surface area is 174 Å². The van der Waals surface area contributed by atoms with E-state index in [2.05, 4.69) is 20.4 Å². The Morgan fingerprint density at radius 1 is 1.13 bits per heavy atom. The minimum Gasteiger partial charge on any atom is -0.444 e. The summed E-state index contributed by atoms with van der Waals surface area (Å²) in [7, 11) is 0. The van der Waals surface area contributed by atoms with Crippen molar-refractivity contribution in [1.29, 1.82) is 0 Å². The van der Waals surface area contributed by atoms with Crippen LogP contribution in [0.25, 0.3) is 16.9 Å². The predicted molar refractivity (Wildman–Crippen MR) is 111 cm³/mol. The molecular formula is C21H24N6O3. The van der Waals surface area contributed by atoms with Crippen molar-refractivity contribution in [2.45, 2.75) is 32.8 Å². The summed E-state index contributed by atoms with van der Waals surface area (Å²) in [5, 5.41) is 7.17. The highest BCUT2D eigenvalue weighted by Crippen LogP contribution is 2.24. The average Bonchev–Trinajstić information content (AvgIpc) is 3.36. The van der Waals surface area contributed by atoms with Crippen molar-refractivity contribution in [3.63, 3.8) is 0 Å². The summed E-state index contributed by atoms with van der Waals surface area (Å²) in [6.45, 7) is 6.30. The molecule has 1 saturated heterocycles. The molecule has 1 unspecified atom stereocenters. The molecule has 0 aromatic carbocycles. The van der Waals surface area contributed by atoms with Gasteiger partial charge >= 0.3 is 6.09 Å². The zero-order valence-electron chi connectivity index (χ0n) is 17.2. The van der Waals surface area contributed by atoms with Crippen LogP contribution in [-0.2, 0) is 9.53 Å². The predicted octanol–water partition coefficient (Wildman–Crippen LogP) is 2.99. The second-order valence-corrected chi connectivity index (χ2v) is 8.26. The Hall–Kier alpha value is -3.49. The van der Waals surface area contributed by atoms with Gasteiger partial charge in [-0.2, -0.15) is 5.10 Å². The van der Waals surface area contributed by atoms with Crippen LogP contribution in [0.1, 0.15) is 27.2 Å². The zero-order chi connectivity index (χ0) is 21.3. The first kappa shape index (κ1) is 19.8. The molecule has 3 aromatic rings. The van der Waals surface area contributed by atoms with E-state index in [0.717, 1.165) is 16.9 Å². The summed E-state index contributed by atoms with van der Waals surface area (Å²) in [5.74, 6) is -0.0169. The summed E-state index contributed by atoms with van der Waals surface area (Å²) in [4.78, 5) is 35.1. The van der Waals surface area contributed by atoms with E-state index in [9.17, 15) is 9.59 Å². The van der Waals surface area contributed by atoms with Gasteiger partial charge in [-0.25, -0.2) is 19.3 Å². The number of nitrogens with one attached hydrogen (secondary N) is 1. The molecule has 1 fully saturated rings. The van der Waals surface area contributed by atoms with Gasteiger partial charge in [-0.05, 0) is 45.4 Å². The molecule has 2 amide bonds. The molecule has 3 aromatic heterocycles. The smallest absolute Gasteiger partial charge is 0.410 e. The number of amides is 2. The number of ether oxygens (including phenoxy) is 1. The van der Waals surface area contributed by atoms with Crippen LogP contribution in [0.3, 0.4) is 0 Å². The summed E-state index contributed by atoms with van der Waals surface area (Å²) < 4.78 is 7.12. The maximum Gasteiger partial charge on any atom is 0.410 e. The van der Waals surface area contributed by atoms with Crippen molar-refractivity contribution in [3.8, 4) is 11.3 Å². The van der Waals surface area contributed by atoms with Crippen LogP contribution in [-0.4, -0.2) is 55.2 Å². The van der Waals surface area contributed by atoms with Crippen molar-refractivity contribution in [3.05, 3.63) is 42.9 Å². The zero-order valence-corrected chi connectivity index (χ0v) is 17.2. The fourth-order valence-corrected chi connectivity index (χ4v) is 3.41. The molecule has 1 atom stereocenters. The van der Waals surface area contributed by atoms with E-state index < -0.39 is 5.60 Å². The first-order chi connectivity index (χ1) is 14.3. The number of rotatable bonds is 3. The number of hydrogen-bond donors (Lipinski definition) is 1. The van der Waals surface area contributed by atoms with Crippen LogP contribution in [0, 0.1) is 5.92 Å². The van der Waals surface area contributed by atoms with E-state index in [-0.39, 0.29) is 17.9 Å². The van der Waals surface area contributed by atoms with Gasteiger partial charge in [0.2, 0.25) is 5.91 Å². The van der Waals surface area contributed by atoms with E-state index in [0.29, 0.717) is 25.3 Å². The monoisotopic (exact) mass is 408 g/mol. The molecule has 156 valence electrons. The van der Waals surface area contributed by atoms with Crippen LogP contribution in [0.5, 0.6) is 0 Å². The molecule has 0 aliphatic carbocycles. The Bertz CT molecular complexity index is 1090. The van der Waals surface area contributed by atoms with E-state index in [1.807, 2.05) is 39.0 Å². The summed E-state index contributed by atoms with van der Waals surface area (Å²) in [6.07, 6.45) is 5.24. The third kappa shape index (κ3) is 4.24. The summed E-state index contributed by atoms with van der Waals surface area (Å²) in [5.41, 5.74) is 1.88. The van der Waals surface area contributed by atoms with Gasteiger partial charge in [0, 0.05) is 37.1 Å². The van der Waals surface area contributed by atoms with Crippen molar-refractivity contribution >= 4 is 23.5 Å². The van der Waals surface area contributed by atoms with Crippen LogP contribution >= 0.6 is 0 Å². The van der Waals surface area contributed by atoms with Crippen molar-refractivity contribution in [2.75, 3.05) is 18.4 Å². The minimum atomic E-state index is -0.561. The fourth-order valence-electron chi connectivity index (χ4n) is 3.41. The van der Waals surface area contributed by atoms with Gasteiger partial charge in [-0.1, -0.05) is 0 Å². The molecule has 1 aliphatic rings. The van der Waals surface area contributed by atoms with Gasteiger partial charge < -0.3 is 15.0 Å². The second kappa shape index (κ2) is 7.74. The number of aromatic nitrogens is 4. The van der Waals surface area contributed by atoms with Crippen molar-refractivity contribution < 1.29 is 14.3 Å². The second-order valence-electron chi connectivity index (χ2n) is 8.26. The number of likely N-dealkylation sites (tertiary alicyclic amines) is 1. The molecule has 9 nitrogen and oxygen atoms in total. The quantitative estimate of drug-likeness (QED) is 0.715. The number of hydrogen-bond acceptors (Lipinski definition) is 6. The molecule has 0 spiro atoms. The third-order valence-corrected chi connectivity index (χ3v) is 4.81. The highest BCUT2D eigenvalue weighted by Gasteiger charge is 2.33. The number of pyridine rings is 1. The first-order valence-corrected chi connectivity index (χ1v) is 9.84. The molecule has 1 aliphatic heterocycles. The van der Waals surface area contributed by atoms with E-state index in [4.69, 9.17) is 4.74 Å². The Morgan fingerprint density at radius 2 is 1.93 bits per heavy atom. The van der Waals surface area contributed by atoms with E-state index >= 15 is 0 Å². The lowest BCUT2D eigenvalue weighted by molar-refractivity contribution is -0.119. The summed E-state index contributed by atoms with van der Waals surface area (Å²) in [6, 6.07) is 7.33. The van der Waals surface area contributed by atoms with Crippen LogP contribution in [0.15, 0.2) is 42.9 Å². The molecule has 1 N–H and O–H groups in total. The van der Waals surface area contributed by atoms with Gasteiger partial charge in [0.25, 0.3) is 0 Å². The van der Waals surface area contributed by atoms with Gasteiger partial charge in [0.15, 0.2) is 5.65 Å². The van der Waals surface area contributed by atoms with Crippen LogP contribution in [0.2, 0.25) is 0 Å². The highest BCUT2D eigenvalue weighted by molar-refractivity contribution is 5.93. The minimum absolute atomic E-state index is 0.162. The molecule has 4 rings (SSSR count). The number of fused-ring (bicyclic) bond motifs is 1. The number of carbonyl (C=O) groups excluding carboxylic acids is 2. The Morgan fingerprint density at radius 3 is 2.73 bits per heavy atom. The van der Waals surface area contributed by atoms with Gasteiger partial charge in [-0.15, -0.1) is 0 Å². The van der Waals surface area contributed by atoms with Crippen LogP contribution < -0.4 is 5.32 Å². The van der Waals surface area contributed by atoms with Crippen LogP contribution in [0.4, 0.5) is 10.6 Å². The molecule has 30 heavy (non-hydrogen) atoms.